The van der Waals surface area contributed by atoms with Gasteiger partial charge in [0.15, 0.2) is 0 Å². The molecule has 152 valence electrons. The van der Waals surface area contributed by atoms with E-state index in [2.05, 4.69) is 10.3 Å². The summed E-state index contributed by atoms with van der Waals surface area (Å²) in [6.45, 7) is 4.34. The van der Waals surface area contributed by atoms with E-state index in [-0.39, 0.29) is 10.8 Å². The summed E-state index contributed by atoms with van der Waals surface area (Å²) in [6, 6.07) is 15.5. The van der Waals surface area contributed by atoms with Crippen molar-refractivity contribution >= 4 is 32.5 Å². The number of aryl methyl sites for hydroxylation is 1. The SMILES string of the molecule is CCCCN(C)S(=O)(=O)c1ccc(NC(=O)c2cc(C)nc3ccccc23)cc1. The molecule has 0 atom stereocenters. The molecule has 0 aliphatic rings. The van der Waals surface area contributed by atoms with Crippen LogP contribution in [0, 0.1) is 6.92 Å². The van der Waals surface area contributed by atoms with Gasteiger partial charge in [0.1, 0.15) is 0 Å². The molecule has 0 fully saturated rings. The molecule has 1 amide bonds. The van der Waals surface area contributed by atoms with Crippen LogP contribution in [0.5, 0.6) is 0 Å². The van der Waals surface area contributed by atoms with Crippen LogP contribution in [0.3, 0.4) is 0 Å². The minimum Gasteiger partial charge on any atom is -0.322 e. The summed E-state index contributed by atoms with van der Waals surface area (Å²) < 4.78 is 26.6. The number of carbonyl (C=O) groups excluding carboxylic acids is 1. The molecule has 0 saturated heterocycles. The monoisotopic (exact) mass is 411 g/mol. The lowest BCUT2D eigenvalue weighted by Gasteiger charge is -2.17. The first-order valence-corrected chi connectivity index (χ1v) is 11.0. The third-order valence-electron chi connectivity index (χ3n) is 4.74. The average Bonchev–Trinajstić information content (AvgIpc) is 2.71. The molecule has 2 aromatic carbocycles. The quantitative estimate of drug-likeness (QED) is 0.631. The number of nitrogens with one attached hydrogen (secondary N) is 1. The van der Waals surface area contributed by atoms with E-state index in [0.717, 1.165) is 29.4 Å². The molecule has 1 aromatic heterocycles. The number of amides is 1. The summed E-state index contributed by atoms with van der Waals surface area (Å²) in [5.41, 5.74) is 2.58. The highest BCUT2D eigenvalue weighted by molar-refractivity contribution is 7.89. The number of hydrogen-bond donors (Lipinski definition) is 1. The number of anilines is 1. The van der Waals surface area contributed by atoms with Crippen molar-refractivity contribution in [2.75, 3.05) is 18.9 Å². The zero-order chi connectivity index (χ0) is 21.0. The molecule has 3 rings (SSSR count). The van der Waals surface area contributed by atoms with Crippen LogP contribution in [-0.4, -0.2) is 37.2 Å². The van der Waals surface area contributed by atoms with Crippen molar-refractivity contribution in [2.24, 2.45) is 0 Å². The van der Waals surface area contributed by atoms with E-state index in [0.29, 0.717) is 17.8 Å². The topological polar surface area (TPSA) is 79.4 Å². The second kappa shape index (κ2) is 8.71. The summed E-state index contributed by atoms with van der Waals surface area (Å²) >= 11 is 0. The van der Waals surface area contributed by atoms with Crippen molar-refractivity contribution in [2.45, 2.75) is 31.6 Å². The lowest BCUT2D eigenvalue weighted by molar-refractivity contribution is 0.102. The molecule has 7 heteroatoms. The summed E-state index contributed by atoms with van der Waals surface area (Å²) in [5, 5.41) is 3.62. The normalized spacial score (nSPS) is 11.7. The van der Waals surface area contributed by atoms with Crippen LogP contribution in [0.4, 0.5) is 5.69 Å². The summed E-state index contributed by atoms with van der Waals surface area (Å²) in [6.07, 6.45) is 1.73. The van der Waals surface area contributed by atoms with E-state index in [4.69, 9.17) is 0 Å². The molecule has 6 nitrogen and oxygen atoms in total. The number of rotatable bonds is 7. The Labute approximate surface area is 171 Å². The van der Waals surface area contributed by atoms with Crippen molar-refractivity contribution in [3.05, 3.63) is 65.9 Å². The zero-order valence-electron chi connectivity index (χ0n) is 16.8. The smallest absolute Gasteiger partial charge is 0.256 e. The van der Waals surface area contributed by atoms with Crippen LogP contribution < -0.4 is 5.32 Å². The van der Waals surface area contributed by atoms with Gasteiger partial charge < -0.3 is 5.32 Å². The van der Waals surface area contributed by atoms with Gasteiger partial charge in [-0.1, -0.05) is 31.5 Å². The molecule has 0 saturated carbocycles. The molecule has 29 heavy (non-hydrogen) atoms. The van der Waals surface area contributed by atoms with Gasteiger partial charge in [-0.25, -0.2) is 12.7 Å². The van der Waals surface area contributed by atoms with Crippen LogP contribution >= 0.6 is 0 Å². The molecular weight excluding hydrogens is 386 g/mol. The summed E-state index contributed by atoms with van der Waals surface area (Å²) in [4.78, 5) is 17.5. The molecule has 3 aromatic rings. The first kappa shape index (κ1) is 21.0. The fourth-order valence-corrected chi connectivity index (χ4v) is 4.29. The van der Waals surface area contributed by atoms with Crippen LogP contribution in [0.1, 0.15) is 35.8 Å². The van der Waals surface area contributed by atoms with E-state index in [9.17, 15) is 13.2 Å². The number of benzene rings is 2. The van der Waals surface area contributed by atoms with Crippen molar-refractivity contribution < 1.29 is 13.2 Å². The van der Waals surface area contributed by atoms with Gasteiger partial charge in [0.2, 0.25) is 10.0 Å². The van der Waals surface area contributed by atoms with E-state index in [1.54, 1.807) is 25.2 Å². The predicted molar refractivity (Wildman–Crippen MR) is 116 cm³/mol. The van der Waals surface area contributed by atoms with Crippen molar-refractivity contribution in [1.29, 1.82) is 0 Å². The molecule has 0 aliphatic carbocycles. The lowest BCUT2D eigenvalue weighted by Crippen LogP contribution is -2.27. The fourth-order valence-electron chi connectivity index (χ4n) is 3.09. The van der Waals surface area contributed by atoms with Gasteiger partial charge in [0, 0.05) is 30.4 Å². The first-order valence-electron chi connectivity index (χ1n) is 9.57. The van der Waals surface area contributed by atoms with Gasteiger partial charge >= 0.3 is 0 Å². The Kier molecular flexibility index (Phi) is 6.30. The highest BCUT2D eigenvalue weighted by Crippen LogP contribution is 2.21. The number of sulfonamides is 1. The zero-order valence-corrected chi connectivity index (χ0v) is 17.7. The largest absolute Gasteiger partial charge is 0.322 e. The number of fused-ring (bicyclic) bond motifs is 1. The molecular formula is C22H25N3O3S. The molecule has 0 radical (unpaired) electrons. The molecule has 0 unspecified atom stereocenters. The predicted octanol–water partition coefficient (Wildman–Crippen LogP) is 4.22. The Morgan fingerprint density at radius 1 is 1.10 bits per heavy atom. The molecule has 1 heterocycles. The molecule has 0 spiro atoms. The minimum atomic E-state index is -3.53. The van der Waals surface area contributed by atoms with Gasteiger partial charge in [-0.05, 0) is 49.7 Å². The van der Waals surface area contributed by atoms with Gasteiger partial charge in [-0.2, -0.15) is 0 Å². The Bertz CT molecular complexity index is 1130. The second-order valence-corrected chi connectivity index (χ2v) is 9.03. The number of para-hydroxylation sites is 1. The summed E-state index contributed by atoms with van der Waals surface area (Å²) in [7, 11) is -1.95. The van der Waals surface area contributed by atoms with Crippen LogP contribution in [-0.2, 0) is 10.0 Å². The van der Waals surface area contributed by atoms with Crippen LogP contribution in [0.2, 0.25) is 0 Å². The van der Waals surface area contributed by atoms with Crippen molar-refractivity contribution in [3.63, 3.8) is 0 Å². The van der Waals surface area contributed by atoms with Crippen LogP contribution in [0.15, 0.2) is 59.5 Å². The van der Waals surface area contributed by atoms with Gasteiger partial charge in [-0.15, -0.1) is 0 Å². The van der Waals surface area contributed by atoms with Gasteiger partial charge in [0.05, 0.1) is 16.0 Å². The number of nitrogens with zero attached hydrogens (tertiary/aromatic N) is 2. The number of unbranched alkanes of at least 4 members (excludes halogenated alkanes) is 1. The lowest BCUT2D eigenvalue weighted by atomic mass is 10.1. The first-order chi connectivity index (χ1) is 13.8. The number of carbonyl (C=O) groups is 1. The number of hydrogen-bond acceptors (Lipinski definition) is 4. The van der Waals surface area contributed by atoms with Crippen molar-refractivity contribution in [1.82, 2.24) is 9.29 Å². The Hall–Kier alpha value is -2.77. The fraction of sp³-hybridized carbons (Fsp3) is 0.273. The Balaban J connectivity index is 1.81. The molecule has 1 N–H and O–H groups in total. The highest BCUT2D eigenvalue weighted by atomic mass is 32.2. The van der Waals surface area contributed by atoms with E-state index in [1.807, 2.05) is 38.1 Å². The number of pyridine rings is 1. The Morgan fingerprint density at radius 3 is 2.48 bits per heavy atom. The third kappa shape index (κ3) is 4.63. The van der Waals surface area contributed by atoms with E-state index in [1.165, 1.54) is 16.4 Å². The van der Waals surface area contributed by atoms with Gasteiger partial charge in [0.25, 0.3) is 5.91 Å². The van der Waals surface area contributed by atoms with E-state index >= 15 is 0 Å². The van der Waals surface area contributed by atoms with E-state index < -0.39 is 10.0 Å². The maximum absolute atomic E-state index is 12.8. The third-order valence-corrected chi connectivity index (χ3v) is 6.61. The number of aromatic nitrogens is 1. The molecule has 0 bridgehead atoms. The standard InChI is InChI=1S/C22H25N3O3S/c1-4-5-14-25(3)29(27,28)18-12-10-17(11-13-18)24-22(26)20-15-16(2)23-21-9-7-6-8-19(20)21/h6-13,15H,4-5,14H2,1-3H3,(H,24,26). The van der Waals surface area contributed by atoms with Gasteiger partial charge in [-0.3, -0.25) is 9.78 Å². The molecule has 0 aliphatic heterocycles. The Morgan fingerprint density at radius 2 is 1.79 bits per heavy atom. The summed E-state index contributed by atoms with van der Waals surface area (Å²) in [5.74, 6) is -0.262. The highest BCUT2D eigenvalue weighted by Gasteiger charge is 2.20. The van der Waals surface area contributed by atoms with Crippen LogP contribution in [0.25, 0.3) is 10.9 Å². The minimum absolute atomic E-state index is 0.208. The maximum Gasteiger partial charge on any atom is 0.256 e. The average molecular weight is 412 g/mol. The second-order valence-electron chi connectivity index (χ2n) is 6.99. The maximum atomic E-state index is 12.8. The van der Waals surface area contributed by atoms with Crippen molar-refractivity contribution in [3.8, 4) is 0 Å².